The lowest BCUT2D eigenvalue weighted by molar-refractivity contribution is -0.0641. The first-order valence-electron chi connectivity index (χ1n) is 10.1. The Hall–Kier alpha value is 0.194. The van der Waals surface area contributed by atoms with Crippen LogP contribution in [0.15, 0.2) is 0 Å². The number of aliphatic hydroxyl groups excluding tert-OH is 1. The molecule has 0 aromatic carbocycles. The first-order valence-corrected chi connectivity index (χ1v) is 14.9. The maximum atomic E-state index is 9.67. The molecule has 0 spiro atoms. The molecule has 1 aliphatic heterocycles. The van der Waals surface area contributed by atoms with E-state index in [0.717, 1.165) is 18.9 Å². The summed E-state index contributed by atoms with van der Waals surface area (Å²) in [6, 6.07) is 0.859. The lowest BCUT2D eigenvalue weighted by Gasteiger charge is -2.52. The highest BCUT2D eigenvalue weighted by Gasteiger charge is 2.51. The van der Waals surface area contributed by atoms with Crippen molar-refractivity contribution in [3.8, 4) is 0 Å². The van der Waals surface area contributed by atoms with Crippen molar-refractivity contribution < 1.29 is 22.8 Å². The highest BCUT2D eigenvalue weighted by molar-refractivity contribution is 6.74. The average Bonchev–Trinajstić information content (AvgIpc) is 2.58. The third kappa shape index (κ3) is 6.87. The van der Waals surface area contributed by atoms with Crippen LogP contribution in [0.25, 0.3) is 0 Å². The number of piperidine rings is 1. The van der Waals surface area contributed by atoms with E-state index in [1.165, 1.54) is 0 Å². The van der Waals surface area contributed by atoms with Crippen LogP contribution >= 0.6 is 0 Å². The largest absolute Gasteiger partial charge is 0.398 e. The number of rotatable bonds is 7. The SMILES string of the molecule is CN1C(C)(C)CC(O)CC1(C)C.CO[Si](C)(CC(C)(C)[Si](C)(OC)OC)OC. The Morgan fingerprint density at radius 1 is 0.893 bits per heavy atom. The van der Waals surface area contributed by atoms with E-state index in [-0.39, 0.29) is 22.2 Å². The second kappa shape index (κ2) is 10.0. The molecule has 1 aliphatic rings. The van der Waals surface area contributed by atoms with Gasteiger partial charge in [0, 0.05) is 44.6 Å². The fourth-order valence-corrected chi connectivity index (χ4v) is 9.73. The van der Waals surface area contributed by atoms with E-state index in [1.807, 2.05) is 0 Å². The minimum absolute atomic E-state index is 0.0521. The van der Waals surface area contributed by atoms with Gasteiger partial charge in [0.25, 0.3) is 0 Å². The maximum Gasteiger partial charge on any atom is 0.340 e. The molecule has 0 unspecified atom stereocenters. The van der Waals surface area contributed by atoms with Crippen molar-refractivity contribution in [3.05, 3.63) is 0 Å². The predicted octanol–water partition coefficient (Wildman–Crippen LogP) is 4.13. The molecule has 1 saturated heterocycles. The van der Waals surface area contributed by atoms with Gasteiger partial charge in [-0.1, -0.05) is 13.8 Å². The summed E-state index contributed by atoms with van der Waals surface area (Å²) in [4.78, 5) is 2.37. The lowest BCUT2D eigenvalue weighted by atomic mass is 9.79. The Bertz CT molecular complexity index is 459. The van der Waals surface area contributed by atoms with Crippen LogP contribution < -0.4 is 0 Å². The smallest absolute Gasteiger partial charge is 0.340 e. The fourth-order valence-electron chi connectivity index (χ4n) is 4.15. The van der Waals surface area contributed by atoms with Crippen LogP contribution in [-0.2, 0) is 17.7 Å². The normalized spacial score (nSPS) is 21.2. The molecule has 0 atom stereocenters. The molecule has 8 heteroatoms. The van der Waals surface area contributed by atoms with Crippen LogP contribution in [0.3, 0.4) is 0 Å². The van der Waals surface area contributed by atoms with Gasteiger partial charge in [0.1, 0.15) is 0 Å². The average molecular weight is 438 g/mol. The quantitative estimate of drug-likeness (QED) is 0.604. The van der Waals surface area contributed by atoms with E-state index >= 15 is 0 Å². The third-order valence-corrected chi connectivity index (χ3v) is 14.7. The predicted molar refractivity (Wildman–Crippen MR) is 121 cm³/mol. The zero-order chi connectivity index (χ0) is 22.6. The number of nitrogens with zero attached hydrogens (tertiary/aromatic N) is 1. The van der Waals surface area contributed by atoms with Gasteiger partial charge in [-0.05, 0) is 66.7 Å². The summed E-state index contributed by atoms with van der Waals surface area (Å²) in [7, 11) is 4.71. The fraction of sp³-hybridized carbons (Fsp3) is 1.00. The molecule has 1 rings (SSSR count). The van der Waals surface area contributed by atoms with Gasteiger partial charge >= 0.3 is 17.1 Å². The molecule has 1 fully saturated rings. The molecule has 0 amide bonds. The molecule has 0 radical (unpaired) electrons. The Morgan fingerprint density at radius 2 is 1.25 bits per heavy atom. The van der Waals surface area contributed by atoms with Crippen molar-refractivity contribution in [2.75, 3.05) is 35.5 Å². The third-order valence-electron chi connectivity index (χ3n) is 6.92. The van der Waals surface area contributed by atoms with Crippen LogP contribution in [0.2, 0.25) is 24.2 Å². The second-order valence-corrected chi connectivity index (χ2v) is 17.7. The number of hydrogen-bond acceptors (Lipinski definition) is 6. The molecule has 0 aromatic heterocycles. The van der Waals surface area contributed by atoms with Crippen LogP contribution in [-0.4, -0.2) is 79.8 Å². The first kappa shape index (κ1) is 28.2. The van der Waals surface area contributed by atoms with Gasteiger partial charge in [-0.3, -0.25) is 4.90 Å². The molecule has 0 bridgehead atoms. The van der Waals surface area contributed by atoms with Crippen molar-refractivity contribution >= 4 is 17.1 Å². The standard InChI is InChI=1S/C10H21NO.C10H26O4Si2/c1-9(2)6-8(12)7-10(3,4)11(9)5;1-10(2,16(8,13-5)14-6)9-15(7,11-3)12-4/h8,12H,6-7H2,1-5H3;9H2,1-8H3. The van der Waals surface area contributed by atoms with Gasteiger partial charge in [-0.2, -0.15) is 0 Å². The van der Waals surface area contributed by atoms with Gasteiger partial charge in [-0.15, -0.1) is 0 Å². The van der Waals surface area contributed by atoms with Crippen LogP contribution in [0.5, 0.6) is 0 Å². The summed E-state index contributed by atoms with van der Waals surface area (Å²) in [5, 5.41) is 9.62. The van der Waals surface area contributed by atoms with Gasteiger partial charge in [0.2, 0.25) is 0 Å². The molecule has 0 aliphatic carbocycles. The summed E-state index contributed by atoms with van der Waals surface area (Å²) >= 11 is 0. The van der Waals surface area contributed by atoms with E-state index in [9.17, 15) is 5.11 Å². The topological polar surface area (TPSA) is 60.4 Å². The zero-order valence-electron chi connectivity index (χ0n) is 20.7. The molecule has 6 nitrogen and oxygen atoms in total. The second-order valence-electron chi connectivity index (χ2n) is 10.2. The highest BCUT2D eigenvalue weighted by atomic mass is 28.4. The minimum atomic E-state index is -2.19. The molecule has 170 valence electrons. The lowest BCUT2D eigenvalue weighted by Crippen LogP contribution is -2.59. The maximum absolute atomic E-state index is 9.67. The Balaban J connectivity index is 0.000000540. The minimum Gasteiger partial charge on any atom is -0.398 e. The molecule has 1 heterocycles. The molecule has 0 aromatic rings. The molecule has 1 N–H and O–H groups in total. The monoisotopic (exact) mass is 437 g/mol. The number of aliphatic hydroxyl groups is 1. The number of hydrogen-bond donors (Lipinski definition) is 1. The zero-order valence-corrected chi connectivity index (χ0v) is 22.7. The summed E-state index contributed by atoms with van der Waals surface area (Å²) in [5.74, 6) is 0. The molecular weight excluding hydrogens is 390 g/mol. The van der Waals surface area contributed by atoms with Crippen molar-refractivity contribution in [2.24, 2.45) is 0 Å². The van der Waals surface area contributed by atoms with E-state index in [0.29, 0.717) is 0 Å². The highest BCUT2D eigenvalue weighted by Crippen LogP contribution is 2.45. The van der Waals surface area contributed by atoms with Crippen LogP contribution in [0.4, 0.5) is 0 Å². The van der Waals surface area contributed by atoms with E-state index in [1.54, 1.807) is 28.4 Å². The van der Waals surface area contributed by atoms with Crippen LogP contribution in [0, 0.1) is 0 Å². The Kier molecular flexibility index (Phi) is 10.1. The van der Waals surface area contributed by atoms with E-state index < -0.39 is 17.1 Å². The van der Waals surface area contributed by atoms with E-state index in [2.05, 4.69) is 66.6 Å². The van der Waals surface area contributed by atoms with Crippen molar-refractivity contribution in [3.63, 3.8) is 0 Å². The Morgan fingerprint density at radius 3 is 1.54 bits per heavy atom. The van der Waals surface area contributed by atoms with Crippen LogP contribution in [0.1, 0.15) is 54.4 Å². The molecule has 28 heavy (non-hydrogen) atoms. The van der Waals surface area contributed by atoms with Gasteiger partial charge in [-0.25, -0.2) is 0 Å². The summed E-state index contributed by atoms with van der Waals surface area (Å²) in [5.41, 5.74) is 0.252. The molecule has 0 saturated carbocycles. The van der Waals surface area contributed by atoms with Gasteiger partial charge in [0.05, 0.1) is 6.10 Å². The summed E-state index contributed by atoms with van der Waals surface area (Å²) in [6.07, 6.45) is 1.63. The van der Waals surface area contributed by atoms with Gasteiger partial charge in [0.15, 0.2) is 0 Å². The van der Waals surface area contributed by atoms with E-state index in [4.69, 9.17) is 17.7 Å². The van der Waals surface area contributed by atoms with Gasteiger partial charge < -0.3 is 22.8 Å². The first-order chi connectivity index (χ1) is 12.5. The van der Waals surface area contributed by atoms with Crippen molar-refractivity contribution in [1.29, 1.82) is 0 Å². The van der Waals surface area contributed by atoms with Crippen molar-refractivity contribution in [2.45, 2.75) is 95.7 Å². The molecular formula is C20H47NO5Si2. The van der Waals surface area contributed by atoms with Crippen molar-refractivity contribution in [1.82, 2.24) is 4.90 Å². The summed E-state index contributed by atoms with van der Waals surface area (Å²) in [6.45, 7) is 17.2. The number of likely N-dealkylation sites (tertiary alicyclic amines) is 1. The summed E-state index contributed by atoms with van der Waals surface area (Å²) < 4.78 is 22.3. The Labute approximate surface area is 176 Å².